The average molecular weight is 346 g/mol. The first-order valence-corrected chi connectivity index (χ1v) is 8.54. The Labute approximate surface area is 148 Å². The lowest BCUT2D eigenvalue weighted by molar-refractivity contribution is -0.113. The van der Waals surface area contributed by atoms with Crippen LogP contribution in [0.5, 0.6) is 5.75 Å². The number of fused-ring (bicyclic) bond motifs is 1. The number of phenolic OH excluding ortho intramolecular Hbond substituents is 1. The molecule has 0 saturated carbocycles. The van der Waals surface area contributed by atoms with Crippen LogP contribution in [0.4, 0.5) is 5.69 Å². The van der Waals surface area contributed by atoms with Gasteiger partial charge in [0.2, 0.25) is 0 Å². The number of nitrogens with zero attached hydrogens (tertiary/aromatic N) is 1. The molecule has 3 aromatic carbocycles. The number of thioether (sulfide) groups is 1. The standard InChI is InChI=1S/C20H14N2O2S/c21-20-22(17-7-3-5-14-4-1-2-6-16(14)17)19(24)18(25-20)12-13-8-10-15(23)11-9-13/h1-12,21,23H. The van der Waals surface area contributed by atoms with Crippen LogP contribution in [0.1, 0.15) is 5.56 Å². The van der Waals surface area contributed by atoms with Crippen molar-refractivity contribution in [2.24, 2.45) is 0 Å². The van der Waals surface area contributed by atoms with Gasteiger partial charge in [0, 0.05) is 5.39 Å². The molecule has 1 aliphatic rings. The van der Waals surface area contributed by atoms with Crippen LogP contribution in [0.15, 0.2) is 71.6 Å². The first-order chi connectivity index (χ1) is 12.1. The van der Waals surface area contributed by atoms with Gasteiger partial charge in [0.15, 0.2) is 5.17 Å². The fourth-order valence-corrected chi connectivity index (χ4v) is 3.69. The fourth-order valence-electron chi connectivity index (χ4n) is 2.83. The molecule has 1 heterocycles. The average Bonchev–Trinajstić information content (AvgIpc) is 2.90. The molecule has 0 bridgehead atoms. The Bertz CT molecular complexity index is 1020. The predicted molar refractivity (Wildman–Crippen MR) is 103 cm³/mol. The zero-order valence-electron chi connectivity index (χ0n) is 13.1. The van der Waals surface area contributed by atoms with Gasteiger partial charge in [-0.05, 0) is 47.0 Å². The smallest absolute Gasteiger partial charge is 0.271 e. The summed E-state index contributed by atoms with van der Waals surface area (Å²) in [5, 5.41) is 19.8. The highest BCUT2D eigenvalue weighted by Crippen LogP contribution is 2.38. The molecule has 4 rings (SSSR count). The topological polar surface area (TPSA) is 64.4 Å². The van der Waals surface area contributed by atoms with Crippen LogP contribution >= 0.6 is 11.8 Å². The number of nitrogens with one attached hydrogen (secondary N) is 1. The summed E-state index contributed by atoms with van der Waals surface area (Å²) in [4.78, 5) is 14.8. The van der Waals surface area contributed by atoms with E-state index < -0.39 is 0 Å². The van der Waals surface area contributed by atoms with E-state index in [0.29, 0.717) is 4.91 Å². The van der Waals surface area contributed by atoms with Crippen molar-refractivity contribution < 1.29 is 9.90 Å². The Morgan fingerprint density at radius 2 is 1.68 bits per heavy atom. The molecule has 1 fully saturated rings. The second kappa shape index (κ2) is 6.11. The van der Waals surface area contributed by atoms with Gasteiger partial charge < -0.3 is 5.11 Å². The largest absolute Gasteiger partial charge is 0.508 e. The molecule has 0 atom stereocenters. The molecular formula is C20H14N2O2S. The van der Waals surface area contributed by atoms with Crippen LogP contribution in [0, 0.1) is 5.41 Å². The molecule has 2 N–H and O–H groups in total. The molecule has 0 spiro atoms. The Morgan fingerprint density at radius 1 is 0.960 bits per heavy atom. The van der Waals surface area contributed by atoms with E-state index in [0.717, 1.165) is 33.8 Å². The number of hydrogen-bond acceptors (Lipinski definition) is 4. The van der Waals surface area contributed by atoms with Gasteiger partial charge in [-0.15, -0.1) is 0 Å². The van der Waals surface area contributed by atoms with Crippen molar-refractivity contribution in [1.82, 2.24) is 0 Å². The van der Waals surface area contributed by atoms with Gasteiger partial charge in [0.05, 0.1) is 10.6 Å². The molecule has 0 aromatic heterocycles. The van der Waals surface area contributed by atoms with Crippen molar-refractivity contribution in [2.45, 2.75) is 0 Å². The van der Waals surface area contributed by atoms with Crippen molar-refractivity contribution in [3.05, 3.63) is 77.2 Å². The first-order valence-electron chi connectivity index (χ1n) is 7.73. The summed E-state index contributed by atoms with van der Waals surface area (Å²) < 4.78 is 0. The SMILES string of the molecule is N=C1SC(=Cc2ccc(O)cc2)C(=O)N1c1cccc2ccccc12. The lowest BCUT2D eigenvalue weighted by Gasteiger charge is -2.16. The molecule has 25 heavy (non-hydrogen) atoms. The summed E-state index contributed by atoms with van der Waals surface area (Å²) in [7, 11) is 0. The fraction of sp³-hybridized carbons (Fsp3) is 0. The summed E-state index contributed by atoms with van der Waals surface area (Å²) in [5.41, 5.74) is 1.52. The molecule has 1 aliphatic heterocycles. The molecule has 0 aliphatic carbocycles. The Kier molecular flexibility index (Phi) is 3.78. The molecule has 1 saturated heterocycles. The molecular weight excluding hydrogens is 332 g/mol. The van der Waals surface area contributed by atoms with Crippen molar-refractivity contribution >= 4 is 45.4 Å². The number of carbonyl (C=O) groups excluding carboxylic acids is 1. The lowest BCUT2D eigenvalue weighted by atomic mass is 10.1. The third kappa shape index (κ3) is 2.79. The highest BCUT2D eigenvalue weighted by molar-refractivity contribution is 8.19. The highest BCUT2D eigenvalue weighted by atomic mass is 32.2. The van der Waals surface area contributed by atoms with Gasteiger partial charge >= 0.3 is 0 Å². The summed E-state index contributed by atoms with van der Waals surface area (Å²) in [6.45, 7) is 0. The number of phenols is 1. The van der Waals surface area contributed by atoms with E-state index in [2.05, 4.69) is 0 Å². The van der Waals surface area contributed by atoms with E-state index in [-0.39, 0.29) is 16.8 Å². The highest BCUT2D eigenvalue weighted by Gasteiger charge is 2.34. The van der Waals surface area contributed by atoms with Crippen LogP contribution in [0.25, 0.3) is 16.8 Å². The summed E-state index contributed by atoms with van der Waals surface area (Å²) in [5.74, 6) is -0.0305. The number of hydrogen-bond donors (Lipinski definition) is 2. The van der Waals surface area contributed by atoms with Gasteiger partial charge in [0.1, 0.15) is 5.75 Å². The molecule has 0 unspecified atom stereocenters. The second-order valence-electron chi connectivity index (χ2n) is 5.65. The minimum absolute atomic E-state index is 0.178. The lowest BCUT2D eigenvalue weighted by Crippen LogP contribution is -2.28. The summed E-state index contributed by atoms with van der Waals surface area (Å²) >= 11 is 1.14. The monoisotopic (exact) mass is 346 g/mol. The van der Waals surface area contributed by atoms with Crippen molar-refractivity contribution in [1.29, 1.82) is 5.41 Å². The number of amides is 1. The van der Waals surface area contributed by atoms with Crippen molar-refractivity contribution in [3.63, 3.8) is 0 Å². The normalized spacial score (nSPS) is 16.2. The Balaban J connectivity index is 1.75. The zero-order chi connectivity index (χ0) is 17.4. The van der Waals surface area contributed by atoms with Crippen LogP contribution in [-0.2, 0) is 4.79 Å². The maximum Gasteiger partial charge on any atom is 0.271 e. The summed E-state index contributed by atoms with van der Waals surface area (Å²) in [6, 6.07) is 20.2. The van der Waals surface area contributed by atoms with E-state index >= 15 is 0 Å². The number of anilines is 1. The summed E-state index contributed by atoms with van der Waals surface area (Å²) in [6.07, 6.45) is 1.74. The van der Waals surface area contributed by atoms with Gasteiger partial charge in [-0.3, -0.25) is 15.1 Å². The van der Waals surface area contributed by atoms with Gasteiger partial charge in [0.25, 0.3) is 5.91 Å². The molecule has 3 aromatic rings. The molecule has 1 amide bonds. The van der Waals surface area contributed by atoms with E-state index in [4.69, 9.17) is 5.41 Å². The minimum Gasteiger partial charge on any atom is -0.508 e. The number of benzene rings is 3. The van der Waals surface area contributed by atoms with Crippen LogP contribution in [-0.4, -0.2) is 16.2 Å². The number of aromatic hydroxyl groups is 1. The first kappa shape index (κ1) is 15.5. The molecule has 0 radical (unpaired) electrons. The number of amidine groups is 1. The zero-order valence-corrected chi connectivity index (χ0v) is 14.0. The van der Waals surface area contributed by atoms with Crippen LogP contribution < -0.4 is 4.90 Å². The molecule has 5 heteroatoms. The van der Waals surface area contributed by atoms with E-state index in [1.165, 1.54) is 4.90 Å². The number of rotatable bonds is 2. The van der Waals surface area contributed by atoms with Crippen LogP contribution in [0.2, 0.25) is 0 Å². The number of carbonyl (C=O) groups is 1. The maximum atomic E-state index is 12.9. The second-order valence-corrected chi connectivity index (χ2v) is 6.68. The molecule has 122 valence electrons. The molecule has 4 nitrogen and oxygen atoms in total. The van der Waals surface area contributed by atoms with Gasteiger partial charge in [-0.2, -0.15) is 0 Å². The Hall–Kier alpha value is -3.05. The van der Waals surface area contributed by atoms with Crippen molar-refractivity contribution in [3.8, 4) is 5.75 Å². The minimum atomic E-state index is -0.209. The van der Waals surface area contributed by atoms with E-state index in [9.17, 15) is 9.90 Å². The van der Waals surface area contributed by atoms with Crippen LogP contribution in [0.3, 0.4) is 0 Å². The maximum absolute atomic E-state index is 12.9. The van der Waals surface area contributed by atoms with E-state index in [1.54, 1.807) is 30.3 Å². The Morgan fingerprint density at radius 3 is 2.48 bits per heavy atom. The van der Waals surface area contributed by atoms with E-state index in [1.807, 2.05) is 42.5 Å². The third-order valence-electron chi connectivity index (χ3n) is 4.02. The van der Waals surface area contributed by atoms with Gasteiger partial charge in [-0.25, -0.2) is 0 Å². The van der Waals surface area contributed by atoms with Crippen molar-refractivity contribution in [2.75, 3.05) is 4.90 Å². The quantitative estimate of drug-likeness (QED) is 0.667. The predicted octanol–water partition coefficient (Wildman–Crippen LogP) is 4.60. The third-order valence-corrected chi connectivity index (χ3v) is 4.91. The van der Waals surface area contributed by atoms with Gasteiger partial charge in [-0.1, -0.05) is 48.5 Å².